The minimum Gasteiger partial charge on any atom is -0.453 e. The van der Waals surface area contributed by atoms with E-state index < -0.39 is 0 Å². The van der Waals surface area contributed by atoms with Gasteiger partial charge in [0.2, 0.25) is 0 Å². The number of ether oxygens (including phenoxy) is 1. The van der Waals surface area contributed by atoms with Crippen LogP contribution in [0.5, 0.6) is 0 Å². The van der Waals surface area contributed by atoms with E-state index in [2.05, 4.69) is 23.6 Å². The molecule has 1 fully saturated rings. The van der Waals surface area contributed by atoms with E-state index >= 15 is 0 Å². The van der Waals surface area contributed by atoms with Crippen LogP contribution < -0.4 is 0 Å². The highest BCUT2D eigenvalue weighted by molar-refractivity contribution is 5.67. The van der Waals surface area contributed by atoms with Crippen molar-refractivity contribution in [1.29, 1.82) is 0 Å². The lowest BCUT2D eigenvalue weighted by Crippen LogP contribution is -2.45. The lowest BCUT2D eigenvalue weighted by atomic mass is 10.0. The van der Waals surface area contributed by atoms with E-state index in [4.69, 9.17) is 0 Å². The predicted molar refractivity (Wildman–Crippen MR) is 55.0 cm³/mol. The molecule has 0 aromatic rings. The summed E-state index contributed by atoms with van der Waals surface area (Å²) in [6, 6.07) is 0.563. The van der Waals surface area contributed by atoms with Crippen LogP contribution in [0.3, 0.4) is 0 Å². The Hall–Kier alpha value is -0.770. The van der Waals surface area contributed by atoms with E-state index in [1.807, 2.05) is 0 Å². The van der Waals surface area contributed by atoms with E-state index in [1.54, 1.807) is 4.90 Å². The van der Waals surface area contributed by atoms with Gasteiger partial charge in [-0.3, -0.25) is 0 Å². The summed E-state index contributed by atoms with van der Waals surface area (Å²) >= 11 is 0. The standard InChI is InChI=1S/C10H19N2O2/c1-4-11(2)9-5-7-12(8-6-9)10(13)14-3/h9H,1,4-8H2,2-3H3. The van der Waals surface area contributed by atoms with Crippen LogP contribution in [-0.4, -0.2) is 55.7 Å². The molecular weight excluding hydrogens is 180 g/mol. The van der Waals surface area contributed by atoms with Gasteiger partial charge in [0.1, 0.15) is 0 Å². The Labute approximate surface area is 85.8 Å². The second-order valence-corrected chi connectivity index (χ2v) is 3.67. The fraction of sp³-hybridized carbons (Fsp3) is 0.800. The van der Waals surface area contributed by atoms with Crippen LogP contribution in [0, 0.1) is 6.92 Å². The molecule has 0 saturated carbocycles. The fourth-order valence-electron chi connectivity index (χ4n) is 1.80. The van der Waals surface area contributed by atoms with Crippen LogP contribution in [0.15, 0.2) is 0 Å². The van der Waals surface area contributed by atoms with Crippen molar-refractivity contribution in [3.63, 3.8) is 0 Å². The van der Waals surface area contributed by atoms with Crippen LogP contribution >= 0.6 is 0 Å². The summed E-state index contributed by atoms with van der Waals surface area (Å²) in [4.78, 5) is 15.2. The second-order valence-electron chi connectivity index (χ2n) is 3.67. The topological polar surface area (TPSA) is 32.8 Å². The van der Waals surface area contributed by atoms with E-state index in [0.29, 0.717) is 6.04 Å². The first-order valence-electron chi connectivity index (χ1n) is 5.01. The van der Waals surface area contributed by atoms with Gasteiger partial charge in [0.05, 0.1) is 7.11 Å². The van der Waals surface area contributed by atoms with Gasteiger partial charge in [-0.05, 0) is 33.4 Å². The zero-order chi connectivity index (χ0) is 10.6. The molecule has 81 valence electrons. The van der Waals surface area contributed by atoms with Crippen molar-refractivity contribution >= 4 is 6.09 Å². The maximum Gasteiger partial charge on any atom is 0.409 e. The Morgan fingerprint density at radius 1 is 1.57 bits per heavy atom. The van der Waals surface area contributed by atoms with Gasteiger partial charge in [-0.25, -0.2) is 4.79 Å². The molecule has 0 bridgehead atoms. The first-order chi connectivity index (χ1) is 6.69. The monoisotopic (exact) mass is 199 g/mol. The molecule has 4 nitrogen and oxygen atoms in total. The van der Waals surface area contributed by atoms with Crippen molar-refractivity contribution in [2.75, 3.05) is 33.8 Å². The number of carbonyl (C=O) groups excluding carboxylic acids is 1. The van der Waals surface area contributed by atoms with E-state index in [0.717, 1.165) is 32.5 Å². The summed E-state index contributed by atoms with van der Waals surface area (Å²) in [5, 5.41) is 0. The number of carbonyl (C=O) groups is 1. The van der Waals surface area contributed by atoms with Crippen LogP contribution in [0.2, 0.25) is 0 Å². The SMILES string of the molecule is [CH2]CN(C)C1CCN(C(=O)OC)CC1. The van der Waals surface area contributed by atoms with E-state index in [1.165, 1.54) is 7.11 Å². The van der Waals surface area contributed by atoms with Crippen molar-refractivity contribution in [3.8, 4) is 0 Å². The zero-order valence-electron chi connectivity index (χ0n) is 9.03. The van der Waals surface area contributed by atoms with E-state index in [-0.39, 0.29) is 6.09 Å². The number of nitrogens with zero attached hydrogens (tertiary/aromatic N) is 2. The highest BCUT2D eigenvalue weighted by Crippen LogP contribution is 2.15. The molecule has 1 radical (unpaired) electrons. The average molecular weight is 199 g/mol. The van der Waals surface area contributed by atoms with Gasteiger partial charge < -0.3 is 14.5 Å². The van der Waals surface area contributed by atoms with Crippen molar-refractivity contribution in [3.05, 3.63) is 6.92 Å². The lowest BCUT2D eigenvalue weighted by molar-refractivity contribution is 0.0943. The van der Waals surface area contributed by atoms with Crippen molar-refractivity contribution < 1.29 is 9.53 Å². The molecule has 1 heterocycles. The van der Waals surface area contributed by atoms with Crippen molar-refractivity contribution in [1.82, 2.24) is 9.80 Å². The summed E-state index contributed by atoms with van der Waals surface area (Å²) in [5.74, 6) is 0. The summed E-state index contributed by atoms with van der Waals surface area (Å²) in [6.45, 7) is 6.26. The van der Waals surface area contributed by atoms with Gasteiger partial charge >= 0.3 is 6.09 Å². The first-order valence-corrected chi connectivity index (χ1v) is 5.01. The number of hydrogen-bond acceptors (Lipinski definition) is 3. The Kier molecular flexibility index (Phi) is 4.20. The largest absolute Gasteiger partial charge is 0.453 e. The Morgan fingerprint density at radius 3 is 2.57 bits per heavy atom. The van der Waals surface area contributed by atoms with Crippen molar-refractivity contribution in [2.24, 2.45) is 0 Å². The summed E-state index contributed by atoms with van der Waals surface area (Å²) in [6.07, 6.45) is 1.82. The molecule has 4 heteroatoms. The molecule has 0 unspecified atom stereocenters. The summed E-state index contributed by atoms with van der Waals surface area (Å²) in [7, 11) is 3.50. The Bertz CT molecular complexity index is 189. The molecule has 1 saturated heterocycles. The van der Waals surface area contributed by atoms with Crippen LogP contribution in [0.25, 0.3) is 0 Å². The Balaban J connectivity index is 2.34. The molecule has 1 amide bonds. The van der Waals surface area contributed by atoms with Crippen LogP contribution in [0.4, 0.5) is 4.79 Å². The minimum atomic E-state index is -0.208. The van der Waals surface area contributed by atoms with Gasteiger partial charge in [0.15, 0.2) is 0 Å². The highest BCUT2D eigenvalue weighted by atomic mass is 16.5. The molecule has 0 aromatic heterocycles. The molecule has 1 rings (SSSR count). The number of likely N-dealkylation sites (tertiary alicyclic amines) is 1. The number of methoxy groups -OCH3 is 1. The molecular formula is C10H19N2O2. The third-order valence-electron chi connectivity index (χ3n) is 2.87. The number of amides is 1. The quantitative estimate of drug-likeness (QED) is 0.664. The molecule has 14 heavy (non-hydrogen) atoms. The van der Waals surface area contributed by atoms with Gasteiger partial charge in [-0.1, -0.05) is 0 Å². The average Bonchev–Trinajstić information content (AvgIpc) is 2.27. The van der Waals surface area contributed by atoms with Crippen LogP contribution in [-0.2, 0) is 4.74 Å². The maximum atomic E-state index is 11.2. The zero-order valence-corrected chi connectivity index (χ0v) is 9.03. The third-order valence-corrected chi connectivity index (χ3v) is 2.87. The summed E-state index contributed by atoms with van der Waals surface area (Å²) < 4.78 is 4.67. The molecule has 0 spiro atoms. The molecule has 0 atom stereocenters. The van der Waals surface area contributed by atoms with E-state index in [9.17, 15) is 4.79 Å². The van der Waals surface area contributed by atoms with Crippen molar-refractivity contribution in [2.45, 2.75) is 18.9 Å². The lowest BCUT2D eigenvalue weighted by Gasteiger charge is -2.35. The molecule has 0 aliphatic carbocycles. The fourth-order valence-corrected chi connectivity index (χ4v) is 1.80. The molecule has 0 N–H and O–H groups in total. The molecule has 1 aliphatic heterocycles. The summed E-state index contributed by atoms with van der Waals surface area (Å²) in [5.41, 5.74) is 0. The highest BCUT2D eigenvalue weighted by Gasteiger charge is 2.24. The predicted octanol–water partition coefficient (Wildman–Crippen LogP) is 0.983. The minimum absolute atomic E-state index is 0.208. The van der Waals surface area contributed by atoms with Gasteiger partial charge in [-0.15, -0.1) is 0 Å². The normalized spacial score (nSPS) is 18.7. The smallest absolute Gasteiger partial charge is 0.409 e. The number of piperidine rings is 1. The Morgan fingerprint density at radius 2 is 2.14 bits per heavy atom. The number of rotatable bonds is 2. The molecule has 1 aliphatic rings. The van der Waals surface area contributed by atoms with Gasteiger partial charge in [0.25, 0.3) is 0 Å². The molecule has 0 aromatic carbocycles. The van der Waals surface area contributed by atoms with Crippen LogP contribution in [0.1, 0.15) is 12.8 Å². The second kappa shape index (κ2) is 5.20. The first kappa shape index (κ1) is 11.3. The maximum absolute atomic E-state index is 11.2. The number of hydrogen-bond donors (Lipinski definition) is 0. The van der Waals surface area contributed by atoms with Gasteiger partial charge in [-0.2, -0.15) is 0 Å². The van der Waals surface area contributed by atoms with Gasteiger partial charge in [0, 0.05) is 19.1 Å². The third kappa shape index (κ3) is 2.61.